The number of hydrogen-bond acceptors (Lipinski definition) is 4. The fraction of sp³-hybridized carbons (Fsp3) is 0.833. The average molecular weight is 258 g/mol. The van der Waals surface area contributed by atoms with Gasteiger partial charge in [-0.05, 0) is 41.5 Å². The lowest BCUT2D eigenvalue weighted by Gasteiger charge is -2.32. The van der Waals surface area contributed by atoms with E-state index in [1.54, 1.807) is 0 Å². The number of nitrogens with two attached hydrogens (primary N) is 2. The molecule has 0 atom stereocenters. The van der Waals surface area contributed by atoms with Crippen LogP contribution in [0.2, 0.25) is 0 Å². The molecule has 0 radical (unpaired) electrons. The highest BCUT2D eigenvalue weighted by atomic mass is 16.2. The van der Waals surface area contributed by atoms with E-state index in [2.05, 4.69) is 10.6 Å². The van der Waals surface area contributed by atoms with Crippen molar-refractivity contribution in [2.75, 3.05) is 6.54 Å². The third kappa shape index (κ3) is 5.01. The lowest BCUT2D eigenvalue weighted by Crippen LogP contribution is -2.70. The van der Waals surface area contributed by atoms with Crippen LogP contribution in [0.4, 0.5) is 0 Å². The smallest absolute Gasteiger partial charge is 0.251 e. The Bertz CT molecular complexity index is 298. The quantitative estimate of drug-likeness (QED) is 0.510. The van der Waals surface area contributed by atoms with Crippen LogP contribution in [0.3, 0.4) is 0 Å². The van der Waals surface area contributed by atoms with E-state index in [-0.39, 0.29) is 6.54 Å². The third-order valence-electron chi connectivity index (χ3n) is 2.11. The minimum Gasteiger partial charge on any atom is -0.349 e. The minimum atomic E-state index is -1.75. The molecule has 0 saturated carbocycles. The largest absolute Gasteiger partial charge is 0.349 e. The van der Waals surface area contributed by atoms with Gasteiger partial charge in [0.05, 0.1) is 0 Å². The Hall–Kier alpha value is -1.14. The zero-order valence-electron chi connectivity index (χ0n) is 12.2. The zero-order valence-corrected chi connectivity index (χ0v) is 12.2. The molecule has 0 fully saturated rings. The molecule has 0 saturated heterocycles. The number of rotatable bonds is 3. The first-order chi connectivity index (χ1) is 7.82. The van der Waals surface area contributed by atoms with E-state index in [0.717, 1.165) is 0 Å². The van der Waals surface area contributed by atoms with Crippen molar-refractivity contribution in [2.24, 2.45) is 11.5 Å². The summed E-state index contributed by atoms with van der Waals surface area (Å²) in [6.07, 6.45) is 0. The molecule has 0 unspecified atom stereocenters. The van der Waals surface area contributed by atoms with Gasteiger partial charge in [0.1, 0.15) is 0 Å². The third-order valence-corrected chi connectivity index (χ3v) is 2.11. The van der Waals surface area contributed by atoms with E-state index in [0.29, 0.717) is 0 Å². The van der Waals surface area contributed by atoms with Gasteiger partial charge >= 0.3 is 0 Å². The molecule has 0 aliphatic rings. The normalized spacial score (nSPS) is 13.1. The number of nitrogens with one attached hydrogen (secondary N) is 2. The van der Waals surface area contributed by atoms with Crippen molar-refractivity contribution < 1.29 is 9.59 Å². The first-order valence-corrected chi connectivity index (χ1v) is 5.96. The number of amides is 2. The first-order valence-electron chi connectivity index (χ1n) is 5.96. The predicted octanol–water partition coefficient (Wildman–Crippen LogP) is -0.528. The fourth-order valence-electron chi connectivity index (χ4n) is 1.19. The van der Waals surface area contributed by atoms with E-state index in [1.807, 2.05) is 41.5 Å². The SMILES string of the molecule is CC(C)(C)NC(=O)C(N)(CN)C(=O)NC(C)(C)C. The maximum Gasteiger partial charge on any atom is 0.251 e. The Kier molecular flexibility index (Phi) is 4.91. The van der Waals surface area contributed by atoms with Gasteiger partial charge in [-0.3, -0.25) is 9.59 Å². The molecule has 0 rings (SSSR count). The lowest BCUT2D eigenvalue weighted by molar-refractivity contribution is -0.138. The number of hydrogen-bond donors (Lipinski definition) is 4. The lowest BCUT2D eigenvalue weighted by atomic mass is 9.95. The highest BCUT2D eigenvalue weighted by Crippen LogP contribution is 2.08. The molecule has 6 nitrogen and oxygen atoms in total. The van der Waals surface area contributed by atoms with Crippen LogP contribution in [0.15, 0.2) is 0 Å². The fourth-order valence-corrected chi connectivity index (χ4v) is 1.19. The molecule has 0 spiro atoms. The summed E-state index contributed by atoms with van der Waals surface area (Å²) in [5.74, 6) is -1.14. The summed E-state index contributed by atoms with van der Waals surface area (Å²) in [4.78, 5) is 24.1. The van der Waals surface area contributed by atoms with Gasteiger partial charge in [-0.25, -0.2) is 0 Å². The van der Waals surface area contributed by atoms with Crippen molar-refractivity contribution in [3.63, 3.8) is 0 Å². The van der Waals surface area contributed by atoms with Crippen molar-refractivity contribution in [3.8, 4) is 0 Å². The Labute approximate surface area is 109 Å². The number of carbonyl (C=O) groups excluding carboxylic acids is 2. The molecular formula is C12H26N4O2. The Morgan fingerprint density at radius 1 is 0.889 bits per heavy atom. The molecule has 2 amide bonds. The van der Waals surface area contributed by atoms with Crippen LogP contribution in [-0.4, -0.2) is 35.0 Å². The highest BCUT2D eigenvalue weighted by Gasteiger charge is 2.43. The summed E-state index contributed by atoms with van der Waals surface area (Å²) in [5, 5.41) is 5.35. The summed E-state index contributed by atoms with van der Waals surface area (Å²) in [7, 11) is 0. The Morgan fingerprint density at radius 3 is 1.33 bits per heavy atom. The second-order valence-electron chi connectivity index (χ2n) is 6.58. The minimum absolute atomic E-state index is 0.253. The molecule has 6 heteroatoms. The van der Waals surface area contributed by atoms with Gasteiger partial charge in [-0.15, -0.1) is 0 Å². The molecule has 0 aromatic heterocycles. The highest BCUT2D eigenvalue weighted by molar-refractivity contribution is 6.10. The second kappa shape index (κ2) is 5.24. The molecule has 0 heterocycles. The Morgan fingerprint density at radius 2 is 1.17 bits per heavy atom. The second-order valence-corrected chi connectivity index (χ2v) is 6.58. The summed E-state index contributed by atoms with van der Waals surface area (Å²) in [6, 6.07) is 0. The molecule has 6 N–H and O–H groups in total. The van der Waals surface area contributed by atoms with Gasteiger partial charge in [0.15, 0.2) is 5.54 Å². The van der Waals surface area contributed by atoms with E-state index in [4.69, 9.17) is 11.5 Å². The van der Waals surface area contributed by atoms with Crippen molar-refractivity contribution in [2.45, 2.75) is 58.2 Å². The van der Waals surface area contributed by atoms with Crippen LogP contribution < -0.4 is 22.1 Å². The molecule has 0 aliphatic heterocycles. The van der Waals surface area contributed by atoms with E-state index < -0.39 is 28.4 Å². The monoisotopic (exact) mass is 258 g/mol. The zero-order chi connectivity index (χ0) is 14.8. The summed E-state index contributed by atoms with van der Waals surface area (Å²) in [6.45, 7) is 10.6. The van der Waals surface area contributed by atoms with Gasteiger partial charge in [-0.2, -0.15) is 0 Å². The first kappa shape index (κ1) is 16.9. The van der Waals surface area contributed by atoms with Crippen LogP contribution in [-0.2, 0) is 9.59 Å². The summed E-state index contributed by atoms with van der Waals surface area (Å²) < 4.78 is 0. The van der Waals surface area contributed by atoms with Gasteiger partial charge in [-0.1, -0.05) is 0 Å². The van der Waals surface area contributed by atoms with Crippen LogP contribution in [0, 0.1) is 0 Å². The van der Waals surface area contributed by atoms with Crippen LogP contribution in [0.1, 0.15) is 41.5 Å². The molecule has 0 aromatic carbocycles. The Balaban J connectivity index is 5.01. The topological polar surface area (TPSA) is 110 Å². The van der Waals surface area contributed by atoms with Gasteiger partial charge in [0.2, 0.25) is 0 Å². The molecule has 18 heavy (non-hydrogen) atoms. The summed E-state index contributed by atoms with van der Waals surface area (Å²) in [5.41, 5.74) is 8.65. The van der Waals surface area contributed by atoms with Crippen LogP contribution in [0.5, 0.6) is 0 Å². The molecule has 106 valence electrons. The van der Waals surface area contributed by atoms with E-state index in [1.165, 1.54) is 0 Å². The van der Waals surface area contributed by atoms with Gasteiger partial charge in [0.25, 0.3) is 11.8 Å². The van der Waals surface area contributed by atoms with Gasteiger partial charge < -0.3 is 22.1 Å². The van der Waals surface area contributed by atoms with Crippen molar-refractivity contribution in [1.29, 1.82) is 0 Å². The van der Waals surface area contributed by atoms with Crippen LogP contribution in [0.25, 0.3) is 0 Å². The summed E-state index contributed by atoms with van der Waals surface area (Å²) >= 11 is 0. The van der Waals surface area contributed by atoms with Gasteiger partial charge in [0, 0.05) is 17.6 Å². The number of carbonyl (C=O) groups is 2. The maximum atomic E-state index is 12.1. The standard InChI is InChI=1S/C12H26N4O2/c1-10(2,3)15-8(17)12(14,7-13)9(18)16-11(4,5)6/h7,13-14H2,1-6H3,(H,15,17)(H,16,18). The van der Waals surface area contributed by atoms with Crippen molar-refractivity contribution in [1.82, 2.24) is 10.6 Å². The van der Waals surface area contributed by atoms with E-state index in [9.17, 15) is 9.59 Å². The van der Waals surface area contributed by atoms with E-state index >= 15 is 0 Å². The molecule has 0 bridgehead atoms. The molecule has 0 aliphatic carbocycles. The maximum absolute atomic E-state index is 12.1. The van der Waals surface area contributed by atoms with Crippen LogP contribution >= 0.6 is 0 Å². The van der Waals surface area contributed by atoms with Crippen molar-refractivity contribution in [3.05, 3.63) is 0 Å². The molecular weight excluding hydrogens is 232 g/mol. The predicted molar refractivity (Wildman–Crippen MR) is 71.8 cm³/mol. The van der Waals surface area contributed by atoms with Crippen molar-refractivity contribution >= 4 is 11.8 Å². The average Bonchev–Trinajstić information content (AvgIpc) is 2.10. The molecule has 0 aromatic rings.